The fourth-order valence-electron chi connectivity index (χ4n) is 0.864. The van der Waals surface area contributed by atoms with E-state index in [1.54, 1.807) is 0 Å². The molecule has 0 aromatic heterocycles. The van der Waals surface area contributed by atoms with Crippen molar-refractivity contribution in [3.63, 3.8) is 0 Å². The highest BCUT2D eigenvalue weighted by atomic mass is 35.5. The molecule has 0 amide bonds. The molecule has 0 aliphatic carbocycles. The number of alkyl halides is 4. The molecule has 3 nitrogen and oxygen atoms in total. The summed E-state index contributed by atoms with van der Waals surface area (Å²) in [4.78, 5) is 11.2. The lowest BCUT2D eigenvalue weighted by molar-refractivity contribution is -0.149. The van der Waals surface area contributed by atoms with E-state index in [-0.39, 0.29) is 13.1 Å². The molecule has 0 radical (unpaired) electrons. The second-order valence-electron chi connectivity index (χ2n) is 2.75. The Morgan fingerprint density at radius 1 is 1.57 bits per heavy atom. The van der Waals surface area contributed by atoms with Crippen molar-refractivity contribution in [3.8, 4) is 0 Å². The third kappa shape index (κ3) is 6.04. The SMILES string of the molecule is CCN(CC(Cl)C(=O)O)CC(F)(F)F. The van der Waals surface area contributed by atoms with Crippen LogP contribution in [0.1, 0.15) is 6.92 Å². The zero-order valence-corrected chi connectivity index (χ0v) is 8.27. The standard InChI is InChI=1S/C7H11ClF3NO2/c1-2-12(4-7(9,10)11)3-5(8)6(13)14/h5H,2-4H2,1H3,(H,13,14). The number of halogens is 4. The van der Waals surface area contributed by atoms with E-state index in [0.717, 1.165) is 4.90 Å². The van der Waals surface area contributed by atoms with Crippen LogP contribution in [-0.2, 0) is 4.79 Å². The number of hydrogen-bond donors (Lipinski definition) is 1. The lowest BCUT2D eigenvalue weighted by Gasteiger charge is -2.22. The highest BCUT2D eigenvalue weighted by Crippen LogP contribution is 2.16. The first-order chi connectivity index (χ1) is 6.26. The summed E-state index contributed by atoms with van der Waals surface area (Å²) in [5.41, 5.74) is 0. The summed E-state index contributed by atoms with van der Waals surface area (Å²) in [6, 6.07) is 0. The van der Waals surface area contributed by atoms with Gasteiger partial charge in [-0.15, -0.1) is 11.6 Å². The molecule has 0 bridgehead atoms. The predicted molar refractivity (Wildman–Crippen MR) is 45.4 cm³/mol. The second kappa shape index (κ2) is 5.41. The zero-order valence-electron chi connectivity index (χ0n) is 7.51. The molecule has 0 fully saturated rings. The van der Waals surface area contributed by atoms with Gasteiger partial charge in [-0.2, -0.15) is 13.2 Å². The number of carbonyl (C=O) groups is 1. The molecule has 14 heavy (non-hydrogen) atoms. The summed E-state index contributed by atoms with van der Waals surface area (Å²) in [6.07, 6.45) is -4.33. The molecule has 0 saturated heterocycles. The summed E-state index contributed by atoms with van der Waals surface area (Å²) in [6.45, 7) is 0.167. The van der Waals surface area contributed by atoms with Crippen molar-refractivity contribution in [1.82, 2.24) is 4.90 Å². The molecule has 1 N–H and O–H groups in total. The summed E-state index contributed by atoms with van der Waals surface area (Å²) in [7, 11) is 0. The van der Waals surface area contributed by atoms with Crippen molar-refractivity contribution in [2.75, 3.05) is 19.6 Å². The Bertz CT molecular complexity index is 198. The van der Waals surface area contributed by atoms with Crippen LogP contribution in [-0.4, -0.2) is 47.2 Å². The minimum atomic E-state index is -4.33. The molecular formula is C7H11ClF3NO2. The summed E-state index contributed by atoms with van der Waals surface area (Å²) in [5, 5.41) is 7.08. The Hall–Kier alpha value is -0.490. The Morgan fingerprint density at radius 3 is 2.36 bits per heavy atom. The maximum Gasteiger partial charge on any atom is 0.401 e. The number of carboxylic acid groups (broad SMARTS) is 1. The Morgan fingerprint density at radius 2 is 2.07 bits per heavy atom. The minimum absolute atomic E-state index is 0.107. The van der Waals surface area contributed by atoms with Gasteiger partial charge >= 0.3 is 12.1 Å². The monoisotopic (exact) mass is 233 g/mol. The van der Waals surface area contributed by atoms with E-state index in [9.17, 15) is 18.0 Å². The minimum Gasteiger partial charge on any atom is -0.480 e. The fourth-order valence-corrected chi connectivity index (χ4v) is 1.06. The van der Waals surface area contributed by atoms with E-state index in [2.05, 4.69) is 0 Å². The van der Waals surface area contributed by atoms with Crippen LogP contribution in [0.5, 0.6) is 0 Å². The molecule has 0 aromatic carbocycles. The highest BCUT2D eigenvalue weighted by molar-refractivity contribution is 6.29. The van der Waals surface area contributed by atoms with Crippen molar-refractivity contribution >= 4 is 17.6 Å². The van der Waals surface area contributed by atoms with Crippen LogP contribution < -0.4 is 0 Å². The summed E-state index contributed by atoms with van der Waals surface area (Å²) in [5.74, 6) is -1.31. The molecule has 1 atom stereocenters. The van der Waals surface area contributed by atoms with Gasteiger partial charge in [-0.05, 0) is 6.54 Å². The van der Waals surface area contributed by atoms with Gasteiger partial charge in [0.05, 0.1) is 6.54 Å². The Labute approximate surface area is 84.4 Å². The lowest BCUT2D eigenvalue weighted by atomic mass is 10.3. The van der Waals surface area contributed by atoms with Crippen LogP contribution >= 0.6 is 11.6 Å². The molecule has 0 aliphatic heterocycles. The zero-order chi connectivity index (χ0) is 11.4. The number of aliphatic carboxylic acids is 1. The normalized spacial score (nSPS) is 14.4. The molecule has 0 rings (SSSR count). The van der Waals surface area contributed by atoms with Gasteiger partial charge in [0.15, 0.2) is 0 Å². The first kappa shape index (κ1) is 13.5. The quantitative estimate of drug-likeness (QED) is 0.733. The second-order valence-corrected chi connectivity index (χ2v) is 3.28. The van der Waals surface area contributed by atoms with Crippen LogP contribution in [0, 0.1) is 0 Å². The van der Waals surface area contributed by atoms with Crippen molar-refractivity contribution < 1.29 is 23.1 Å². The molecular weight excluding hydrogens is 223 g/mol. The first-order valence-corrected chi connectivity index (χ1v) is 4.36. The van der Waals surface area contributed by atoms with Crippen LogP contribution in [0.2, 0.25) is 0 Å². The first-order valence-electron chi connectivity index (χ1n) is 3.92. The van der Waals surface area contributed by atoms with Gasteiger partial charge in [0.25, 0.3) is 0 Å². The summed E-state index contributed by atoms with van der Waals surface area (Å²) >= 11 is 5.31. The van der Waals surface area contributed by atoms with E-state index < -0.39 is 24.1 Å². The molecule has 0 spiro atoms. The molecule has 0 aromatic rings. The number of hydrogen-bond acceptors (Lipinski definition) is 2. The van der Waals surface area contributed by atoms with E-state index in [1.807, 2.05) is 0 Å². The van der Waals surface area contributed by atoms with Gasteiger partial charge in [-0.3, -0.25) is 9.69 Å². The van der Waals surface area contributed by atoms with Crippen molar-refractivity contribution in [1.29, 1.82) is 0 Å². The Balaban J connectivity index is 4.10. The molecule has 0 saturated carbocycles. The van der Waals surface area contributed by atoms with Gasteiger partial charge < -0.3 is 5.11 Å². The predicted octanol–water partition coefficient (Wildman–Crippen LogP) is 1.56. The van der Waals surface area contributed by atoms with Crippen molar-refractivity contribution in [2.24, 2.45) is 0 Å². The van der Waals surface area contributed by atoms with Gasteiger partial charge in [-0.25, -0.2) is 0 Å². The van der Waals surface area contributed by atoms with Gasteiger partial charge in [0, 0.05) is 6.54 Å². The topological polar surface area (TPSA) is 40.5 Å². The van der Waals surface area contributed by atoms with Crippen molar-refractivity contribution in [3.05, 3.63) is 0 Å². The van der Waals surface area contributed by atoms with Crippen LogP contribution in [0.4, 0.5) is 13.2 Å². The average molecular weight is 234 g/mol. The van der Waals surface area contributed by atoms with Gasteiger partial charge in [-0.1, -0.05) is 6.92 Å². The van der Waals surface area contributed by atoms with Crippen molar-refractivity contribution in [2.45, 2.75) is 18.5 Å². The average Bonchev–Trinajstić information content (AvgIpc) is 2.00. The lowest BCUT2D eigenvalue weighted by Crippen LogP contribution is -2.39. The van der Waals surface area contributed by atoms with E-state index >= 15 is 0 Å². The number of rotatable bonds is 5. The van der Waals surface area contributed by atoms with Gasteiger partial charge in [0.1, 0.15) is 5.38 Å². The highest BCUT2D eigenvalue weighted by Gasteiger charge is 2.31. The maximum absolute atomic E-state index is 11.9. The molecule has 1 unspecified atom stereocenters. The van der Waals surface area contributed by atoms with E-state index in [4.69, 9.17) is 16.7 Å². The molecule has 84 valence electrons. The van der Waals surface area contributed by atoms with Crippen LogP contribution in [0.15, 0.2) is 0 Å². The third-order valence-corrected chi connectivity index (χ3v) is 1.86. The Kier molecular flexibility index (Phi) is 5.22. The smallest absolute Gasteiger partial charge is 0.401 e. The fraction of sp³-hybridized carbons (Fsp3) is 0.857. The molecule has 0 aliphatic rings. The molecule has 0 heterocycles. The largest absolute Gasteiger partial charge is 0.480 e. The van der Waals surface area contributed by atoms with E-state index in [0.29, 0.717) is 0 Å². The number of carboxylic acids is 1. The number of nitrogens with zero attached hydrogens (tertiary/aromatic N) is 1. The van der Waals surface area contributed by atoms with Crippen LogP contribution in [0.25, 0.3) is 0 Å². The van der Waals surface area contributed by atoms with E-state index in [1.165, 1.54) is 6.92 Å². The third-order valence-electron chi connectivity index (χ3n) is 1.54. The molecule has 7 heteroatoms. The maximum atomic E-state index is 11.9. The van der Waals surface area contributed by atoms with Crippen LogP contribution in [0.3, 0.4) is 0 Å². The van der Waals surface area contributed by atoms with Gasteiger partial charge in [0.2, 0.25) is 0 Å². The summed E-state index contributed by atoms with van der Waals surface area (Å²) < 4.78 is 35.7.